The van der Waals surface area contributed by atoms with Gasteiger partial charge < -0.3 is 6.22 Å². The first-order valence-corrected chi connectivity index (χ1v) is 6.50. The molecule has 0 N–H and O–H groups in total. The van der Waals surface area contributed by atoms with Crippen LogP contribution in [0.15, 0.2) is 0 Å². The second-order valence-electron chi connectivity index (χ2n) is 4.57. The molecule has 0 aliphatic carbocycles. The van der Waals surface area contributed by atoms with Crippen molar-refractivity contribution in [3.8, 4) is 0 Å². The number of ketones is 4. The molecule has 0 unspecified atom stereocenters. The number of rotatable bonds is 11. The molecule has 0 saturated carbocycles. The standard InChI is InChI=1S/C14H22O4.Na.H/c1-3-4-12(16)7-8-14(18)10-9-13(17)6-5-11(2)15;;/h3-10H2,1-2H3;;/q;+1;-1. The van der Waals surface area contributed by atoms with Crippen molar-refractivity contribution >= 4 is 23.1 Å². The Hall–Kier alpha value is -0.320. The molecule has 0 saturated heterocycles. The molecule has 0 aromatic carbocycles. The quantitative estimate of drug-likeness (QED) is 0.480. The van der Waals surface area contributed by atoms with Gasteiger partial charge in [-0.15, -0.1) is 0 Å². The molecule has 0 amide bonds. The zero-order valence-corrected chi connectivity index (χ0v) is 14.3. The van der Waals surface area contributed by atoms with Crippen LogP contribution in [0.4, 0.5) is 0 Å². The van der Waals surface area contributed by atoms with Crippen LogP contribution in [0.3, 0.4) is 0 Å². The van der Waals surface area contributed by atoms with Crippen LogP contribution in [0, 0.1) is 0 Å². The van der Waals surface area contributed by atoms with Crippen molar-refractivity contribution in [2.45, 2.75) is 65.2 Å². The fourth-order valence-corrected chi connectivity index (χ4v) is 1.53. The summed E-state index contributed by atoms with van der Waals surface area (Å²) in [5.74, 6) is -0.0114. The van der Waals surface area contributed by atoms with Gasteiger partial charge in [-0.05, 0) is 13.3 Å². The summed E-state index contributed by atoms with van der Waals surface area (Å²) < 4.78 is 0. The van der Waals surface area contributed by atoms with Gasteiger partial charge in [0.15, 0.2) is 0 Å². The van der Waals surface area contributed by atoms with Gasteiger partial charge in [0.1, 0.15) is 23.1 Å². The van der Waals surface area contributed by atoms with Crippen LogP contribution in [0.2, 0.25) is 0 Å². The van der Waals surface area contributed by atoms with Gasteiger partial charge in [-0.2, -0.15) is 0 Å². The molecule has 5 heteroatoms. The molecule has 0 spiro atoms. The van der Waals surface area contributed by atoms with Crippen molar-refractivity contribution in [3.63, 3.8) is 0 Å². The Morgan fingerprint density at radius 1 is 0.684 bits per heavy atom. The minimum absolute atomic E-state index is 0. The number of carbonyl (C=O) groups excluding carboxylic acids is 4. The van der Waals surface area contributed by atoms with Crippen LogP contribution >= 0.6 is 0 Å². The summed E-state index contributed by atoms with van der Waals surface area (Å²) in [5.41, 5.74) is 0. The number of hydrogen-bond acceptors (Lipinski definition) is 4. The van der Waals surface area contributed by atoms with Gasteiger partial charge in [-0.3, -0.25) is 14.4 Å². The van der Waals surface area contributed by atoms with Gasteiger partial charge in [0.05, 0.1) is 0 Å². The van der Waals surface area contributed by atoms with E-state index < -0.39 is 0 Å². The minimum atomic E-state index is -0.0570. The summed E-state index contributed by atoms with van der Waals surface area (Å²) >= 11 is 0. The normalized spacial score (nSPS) is 9.58. The van der Waals surface area contributed by atoms with Crippen molar-refractivity contribution in [2.75, 3.05) is 0 Å². The number of Topliss-reactive ketones (excluding diaryl/α,β-unsaturated/α-hetero) is 4. The summed E-state index contributed by atoms with van der Waals surface area (Å²) in [5, 5.41) is 0. The van der Waals surface area contributed by atoms with Crippen molar-refractivity contribution in [1.29, 1.82) is 0 Å². The third-order valence-electron chi connectivity index (χ3n) is 2.65. The van der Waals surface area contributed by atoms with E-state index >= 15 is 0 Å². The van der Waals surface area contributed by atoms with Crippen molar-refractivity contribution < 1.29 is 50.2 Å². The Labute approximate surface area is 138 Å². The maximum Gasteiger partial charge on any atom is 1.00 e. The van der Waals surface area contributed by atoms with E-state index in [9.17, 15) is 19.2 Å². The number of hydrogen-bond donors (Lipinski definition) is 0. The molecule has 0 aliphatic rings. The van der Waals surface area contributed by atoms with Crippen LogP contribution in [0.25, 0.3) is 0 Å². The van der Waals surface area contributed by atoms with Crippen LogP contribution in [-0.4, -0.2) is 23.1 Å². The van der Waals surface area contributed by atoms with Gasteiger partial charge >= 0.3 is 29.6 Å². The van der Waals surface area contributed by atoms with Gasteiger partial charge in [0.2, 0.25) is 0 Å². The third kappa shape index (κ3) is 13.9. The van der Waals surface area contributed by atoms with Crippen LogP contribution in [-0.2, 0) is 19.2 Å². The molecule has 0 bridgehead atoms. The van der Waals surface area contributed by atoms with Crippen LogP contribution < -0.4 is 29.6 Å². The molecule has 0 aromatic rings. The minimum Gasteiger partial charge on any atom is -1.00 e. The molecule has 0 heterocycles. The van der Waals surface area contributed by atoms with Crippen LogP contribution in [0.5, 0.6) is 0 Å². The van der Waals surface area contributed by atoms with E-state index in [1.54, 1.807) is 0 Å². The van der Waals surface area contributed by atoms with E-state index in [4.69, 9.17) is 0 Å². The summed E-state index contributed by atoms with van der Waals surface area (Å²) in [4.78, 5) is 44.6. The summed E-state index contributed by atoms with van der Waals surface area (Å²) in [6.45, 7) is 3.37. The van der Waals surface area contributed by atoms with E-state index in [1.165, 1.54) is 6.92 Å². The smallest absolute Gasteiger partial charge is 1.00 e. The van der Waals surface area contributed by atoms with Gasteiger partial charge in [-0.25, -0.2) is 0 Å². The predicted molar refractivity (Wildman–Crippen MR) is 69.4 cm³/mol. The van der Waals surface area contributed by atoms with Crippen molar-refractivity contribution in [1.82, 2.24) is 0 Å². The molecular weight excluding hydrogens is 255 g/mol. The first-order chi connectivity index (χ1) is 8.45. The fraction of sp³-hybridized carbons (Fsp3) is 0.714. The first kappa shape index (κ1) is 21.0. The average Bonchev–Trinajstić information content (AvgIpc) is 2.31. The molecule has 0 radical (unpaired) electrons. The van der Waals surface area contributed by atoms with E-state index in [1.807, 2.05) is 6.92 Å². The SMILES string of the molecule is CCCC(=O)CCC(=O)CCC(=O)CCC(C)=O.[H-].[Na+]. The van der Waals surface area contributed by atoms with E-state index in [0.717, 1.165) is 6.42 Å². The van der Waals surface area contributed by atoms with Gasteiger partial charge in [-0.1, -0.05) is 6.92 Å². The molecule has 0 aliphatic heterocycles. The third-order valence-corrected chi connectivity index (χ3v) is 2.65. The molecule has 4 nitrogen and oxygen atoms in total. The van der Waals surface area contributed by atoms with Crippen molar-refractivity contribution in [2.24, 2.45) is 0 Å². The van der Waals surface area contributed by atoms with Crippen LogP contribution in [0.1, 0.15) is 66.6 Å². The Morgan fingerprint density at radius 3 is 1.32 bits per heavy atom. The van der Waals surface area contributed by atoms with E-state index in [2.05, 4.69) is 0 Å². The molecular formula is C14H23NaO4. The summed E-state index contributed by atoms with van der Waals surface area (Å²) in [6.07, 6.45) is 2.69. The van der Waals surface area contributed by atoms with E-state index in [-0.39, 0.29) is 92.6 Å². The molecule has 0 atom stereocenters. The largest absolute Gasteiger partial charge is 1.00 e. The Balaban J connectivity index is -0.00000144. The molecule has 19 heavy (non-hydrogen) atoms. The zero-order valence-electron chi connectivity index (χ0n) is 13.3. The second-order valence-corrected chi connectivity index (χ2v) is 4.57. The fourth-order valence-electron chi connectivity index (χ4n) is 1.53. The Bertz CT molecular complexity index is 329. The van der Waals surface area contributed by atoms with Gasteiger partial charge in [0.25, 0.3) is 0 Å². The van der Waals surface area contributed by atoms with E-state index in [0.29, 0.717) is 6.42 Å². The molecule has 104 valence electrons. The average molecular weight is 278 g/mol. The Morgan fingerprint density at radius 2 is 1.00 bits per heavy atom. The zero-order chi connectivity index (χ0) is 14.0. The first-order valence-electron chi connectivity index (χ1n) is 6.50. The Kier molecular flexibility index (Phi) is 14.0. The topological polar surface area (TPSA) is 68.3 Å². The summed E-state index contributed by atoms with van der Waals surface area (Å²) in [6, 6.07) is 0. The molecule has 0 fully saturated rings. The van der Waals surface area contributed by atoms with Crippen molar-refractivity contribution in [3.05, 3.63) is 0 Å². The predicted octanol–water partition coefficient (Wildman–Crippen LogP) is -0.460. The maximum atomic E-state index is 11.4. The summed E-state index contributed by atoms with van der Waals surface area (Å²) in [7, 11) is 0. The van der Waals surface area contributed by atoms with Gasteiger partial charge in [0, 0.05) is 44.9 Å². The second kappa shape index (κ2) is 12.7. The molecule has 0 rings (SSSR count). The number of carbonyl (C=O) groups is 4. The monoisotopic (exact) mass is 278 g/mol. The maximum absolute atomic E-state index is 11.4. The molecule has 0 aromatic heterocycles.